The molecule has 6 heterocycles. The third-order valence-corrected chi connectivity index (χ3v) is 11.6. The van der Waals surface area contributed by atoms with Crippen molar-refractivity contribution in [2.45, 2.75) is 104 Å². The number of likely N-dealkylation sites (tertiary alicyclic amines) is 2. The third-order valence-electron chi connectivity index (χ3n) is 11.6. The number of nitrogen functional groups attached to an aromatic ring is 1. The molecule has 2 fully saturated rings. The van der Waals surface area contributed by atoms with Gasteiger partial charge in [-0.1, -0.05) is 12.1 Å². The summed E-state index contributed by atoms with van der Waals surface area (Å²) in [4.78, 5) is 69.1. The molecule has 4 aliphatic rings. The van der Waals surface area contributed by atoms with Gasteiger partial charge in [0.1, 0.15) is 11.2 Å². The van der Waals surface area contributed by atoms with Gasteiger partial charge in [-0.25, -0.2) is 25.8 Å². The number of pyridine rings is 2. The van der Waals surface area contributed by atoms with Crippen LogP contribution in [0.1, 0.15) is 102 Å². The van der Waals surface area contributed by atoms with Crippen LogP contribution in [0.25, 0.3) is 0 Å². The third kappa shape index (κ3) is 14.6. The maximum Gasteiger partial charge on any atom is 1.00 e. The second-order valence-corrected chi connectivity index (χ2v) is 19.0. The summed E-state index contributed by atoms with van der Waals surface area (Å²) < 4.78 is 32.2. The van der Waals surface area contributed by atoms with E-state index in [1.165, 1.54) is 29.6 Å². The second-order valence-electron chi connectivity index (χ2n) is 19.0. The molecule has 2 atom stereocenters. The van der Waals surface area contributed by atoms with Gasteiger partial charge >= 0.3 is 31.0 Å². The molecule has 2 saturated heterocycles. The monoisotopic (exact) mass is 986 g/mol. The van der Waals surface area contributed by atoms with Crippen LogP contribution in [0, 0.1) is 0 Å². The maximum atomic E-state index is 13.3. The number of nitrogens with two attached hydrogens (primary N) is 1. The molecule has 3 amide bonds. The molecule has 0 unspecified atom stereocenters. The van der Waals surface area contributed by atoms with E-state index in [4.69, 9.17) is 34.2 Å². The standard InChI is InChI=1S/C26H32N4O5.C15H15N3O.C11H18NO4.Li.H2O/c1-6-34-21-10-8-18(15-27-21)22-20-13-19(9-7-17(20)14-28-22)29-23(31)26(33-5)11-12-30(16-26)24(32)35-25(2,3)4;1-2-19-14-6-4-11(9-17-14)15-13-7-12(16)5-3-10(13)8-18-15;1-10(2,3)16-9(14)12-6-5-11(7-12,8-13)15-4;;/h7-10,13,15H,6,11-12,14,16H2,1-5H3,(H,29,31);3-7,9H,2,8,16H2,1H3;5-7H2,1-4H3;;1H2/q;;-1;+1;/p-1/t26-;;11-;;/m0.0../s1. The fourth-order valence-corrected chi connectivity index (χ4v) is 7.97. The zero-order valence-corrected chi connectivity index (χ0v) is 43.3. The maximum absolute atomic E-state index is 13.3. The average Bonchev–Trinajstić information content (AvgIpc) is 4.15. The van der Waals surface area contributed by atoms with Crippen LogP contribution < -0.4 is 39.4 Å². The quantitative estimate of drug-likeness (QED) is 0.122. The molecule has 4 N–H and O–H groups in total. The van der Waals surface area contributed by atoms with Crippen molar-refractivity contribution >= 4 is 47.2 Å². The largest absolute Gasteiger partial charge is 1.00 e. The van der Waals surface area contributed by atoms with Gasteiger partial charge in [0.2, 0.25) is 11.8 Å². The minimum Gasteiger partial charge on any atom is -0.870 e. The number of amides is 3. The minimum absolute atomic E-state index is 0. The van der Waals surface area contributed by atoms with E-state index in [0.717, 1.165) is 44.9 Å². The Morgan fingerprint density at radius 2 is 1.21 bits per heavy atom. The molecule has 19 nitrogen and oxygen atoms in total. The number of benzene rings is 2. The fraction of sp³-hybridized carbons (Fsp3) is 0.462. The van der Waals surface area contributed by atoms with E-state index in [-0.39, 0.29) is 43.3 Å². The number of methoxy groups -OCH3 is 2. The predicted molar refractivity (Wildman–Crippen MR) is 267 cm³/mol. The zero-order chi connectivity index (χ0) is 50.9. The van der Waals surface area contributed by atoms with E-state index in [9.17, 15) is 19.2 Å². The summed E-state index contributed by atoms with van der Waals surface area (Å²) in [6, 6.07) is 19.2. The minimum atomic E-state index is -1.15. The Kier molecular flexibility index (Phi) is 20.1. The molecule has 4 aromatic rings. The zero-order valence-electron chi connectivity index (χ0n) is 43.3. The number of aliphatic imine (C=N–C) groups is 2. The second kappa shape index (κ2) is 24.8. The van der Waals surface area contributed by atoms with Gasteiger partial charge in [0.05, 0.1) is 44.3 Å². The number of nitrogens with one attached hydrogen (secondary N) is 1. The molecule has 72 heavy (non-hydrogen) atoms. The van der Waals surface area contributed by atoms with Crippen molar-refractivity contribution in [2.24, 2.45) is 9.98 Å². The van der Waals surface area contributed by atoms with Crippen LogP contribution in [-0.2, 0) is 41.6 Å². The first-order valence-electron chi connectivity index (χ1n) is 23.3. The summed E-state index contributed by atoms with van der Waals surface area (Å²) in [6.45, 7) is 18.3. The van der Waals surface area contributed by atoms with Gasteiger partial charge in [-0.3, -0.25) is 14.8 Å². The molecule has 382 valence electrons. The summed E-state index contributed by atoms with van der Waals surface area (Å²) in [6.07, 6.45) is 5.37. The van der Waals surface area contributed by atoms with Crippen molar-refractivity contribution in [1.82, 2.24) is 19.8 Å². The Labute approximate surface area is 433 Å². The van der Waals surface area contributed by atoms with Gasteiger partial charge in [-0.2, -0.15) is 0 Å². The van der Waals surface area contributed by atoms with Crippen molar-refractivity contribution in [3.05, 3.63) is 106 Å². The van der Waals surface area contributed by atoms with Gasteiger partial charge < -0.3 is 59.5 Å². The topological polar surface area (TPSA) is 249 Å². The number of nitrogens with zero attached hydrogens (tertiary/aromatic N) is 6. The number of hydrogen-bond donors (Lipinski definition) is 2. The molecular formula is C52H66LiN8O11-. The normalized spacial score (nSPS) is 18.5. The number of carbonyl (C=O) groups is 3. The number of fused-ring (bicyclic) bond motifs is 2. The molecular weight excluding hydrogens is 920 g/mol. The molecule has 4 aliphatic heterocycles. The number of carbonyl (C=O) groups excluding carboxylic acids is 4. The van der Waals surface area contributed by atoms with E-state index in [2.05, 4.69) is 25.3 Å². The van der Waals surface area contributed by atoms with E-state index < -0.39 is 34.6 Å². The molecule has 2 aromatic heterocycles. The smallest absolute Gasteiger partial charge is 0.870 e. The number of anilines is 2. The Morgan fingerprint density at radius 1 is 0.708 bits per heavy atom. The van der Waals surface area contributed by atoms with Crippen molar-refractivity contribution in [3.63, 3.8) is 0 Å². The summed E-state index contributed by atoms with van der Waals surface area (Å²) in [5.74, 6) is 0.904. The van der Waals surface area contributed by atoms with Gasteiger partial charge in [-0.05, 0) is 115 Å². The van der Waals surface area contributed by atoms with Crippen LogP contribution in [0.3, 0.4) is 0 Å². The summed E-state index contributed by atoms with van der Waals surface area (Å²) in [7, 11) is 2.94. The Balaban J connectivity index is 0.000000256. The van der Waals surface area contributed by atoms with Crippen molar-refractivity contribution in [2.75, 3.05) is 64.7 Å². The number of ether oxygens (including phenoxy) is 6. The van der Waals surface area contributed by atoms with Gasteiger partial charge in [0.25, 0.3) is 5.91 Å². The summed E-state index contributed by atoms with van der Waals surface area (Å²) in [5.41, 5.74) is 12.0. The van der Waals surface area contributed by atoms with Gasteiger partial charge in [-0.15, -0.1) is 0 Å². The van der Waals surface area contributed by atoms with Crippen molar-refractivity contribution in [1.29, 1.82) is 0 Å². The molecule has 0 radical (unpaired) electrons. The predicted octanol–water partition coefficient (Wildman–Crippen LogP) is 4.16. The SMILES string of the molecule is CCOc1ccc(C2=NCc3ccc(N)cc32)cn1.CCOc1ccc(C2=NCc3ccc(NC(=O)[C@]4(OC)CCN(C(=O)OC(C)(C)C)C4)cc32)cn1.CO[C@@]1([C-]=O)CCN(C(=O)OC(C)(C)C)C1.[Li+].[OH-]. The van der Waals surface area contributed by atoms with E-state index >= 15 is 0 Å². The average molecular weight is 986 g/mol. The molecule has 8 rings (SSSR count). The number of aromatic nitrogens is 2. The van der Waals surface area contributed by atoms with Crippen LogP contribution >= 0.6 is 0 Å². The van der Waals surface area contributed by atoms with Gasteiger partial charge in [0, 0.05) is 98.4 Å². The molecule has 20 heteroatoms. The molecule has 0 spiro atoms. The van der Waals surface area contributed by atoms with Crippen LogP contribution in [-0.4, -0.2) is 137 Å². The van der Waals surface area contributed by atoms with Crippen molar-refractivity contribution in [3.8, 4) is 11.8 Å². The molecule has 0 bridgehead atoms. The first-order valence-corrected chi connectivity index (χ1v) is 23.3. The van der Waals surface area contributed by atoms with E-state index in [1.54, 1.807) is 33.2 Å². The number of hydrogen-bond acceptors (Lipinski definition) is 16. The summed E-state index contributed by atoms with van der Waals surface area (Å²) in [5, 5.41) is 2.98. The van der Waals surface area contributed by atoms with Crippen LogP contribution in [0.4, 0.5) is 21.0 Å². The molecule has 2 aromatic carbocycles. The summed E-state index contributed by atoms with van der Waals surface area (Å²) >= 11 is 0. The Hall–Kier alpha value is -6.36. The Bertz CT molecular complexity index is 2580. The molecule has 0 aliphatic carbocycles. The van der Waals surface area contributed by atoms with E-state index in [0.29, 0.717) is 69.7 Å². The van der Waals surface area contributed by atoms with Crippen LogP contribution in [0.15, 0.2) is 83.0 Å². The van der Waals surface area contributed by atoms with Crippen molar-refractivity contribution < 1.29 is 71.9 Å². The fourth-order valence-electron chi connectivity index (χ4n) is 7.97. The van der Waals surface area contributed by atoms with E-state index in [1.807, 2.05) is 102 Å². The van der Waals surface area contributed by atoms with Crippen LogP contribution in [0.5, 0.6) is 11.8 Å². The van der Waals surface area contributed by atoms with Crippen LogP contribution in [0.2, 0.25) is 0 Å². The molecule has 0 saturated carbocycles. The van der Waals surface area contributed by atoms with Gasteiger partial charge in [0.15, 0.2) is 5.60 Å². The number of rotatable bonds is 11. The first kappa shape index (κ1) is 58.2. The Morgan fingerprint density at radius 3 is 1.65 bits per heavy atom. The first-order chi connectivity index (χ1) is 33.2.